The minimum Gasteiger partial charge on any atom is -0.504 e. The highest BCUT2D eigenvalue weighted by atomic mass is 16.6. The van der Waals surface area contributed by atoms with E-state index in [1.807, 2.05) is 6.07 Å². The minimum absolute atomic E-state index is 0.187. The predicted molar refractivity (Wildman–Crippen MR) is 106 cm³/mol. The maximum absolute atomic E-state index is 12.4. The zero-order chi connectivity index (χ0) is 22.1. The Morgan fingerprint density at radius 3 is 2.40 bits per heavy atom. The fourth-order valence-corrected chi connectivity index (χ4v) is 2.58. The lowest BCUT2D eigenvalue weighted by Gasteiger charge is -2.24. The molecule has 0 saturated carbocycles. The van der Waals surface area contributed by atoms with E-state index in [4.69, 9.17) is 24.6 Å². The first-order valence-corrected chi connectivity index (χ1v) is 8.66. The van der Waals surface area contributed by atoms with Crippen LogP contribution in [0.5, 0.6) is 11.5 Å². The number of carbonyl (C=O) groups is 2. The van der Waals surface area contributed by atoms with Gasteiger partial charge in [-0.2, -0.15) is 5.26 Å². The van der Waals surface area contributed by atoms with Crippen molar-refractivity contribution in [2.75, 3.05) is 19.5 Å². The van der Waals surface area contributed by atoms with Crippen LogP contribution in [0.4, 0.5) is 10.5 Å². The number of nitriles is 1. The molecule has 156 valence electrons. The van der Waals surface area contributed by atoms with Crippen molar-refractivity contribution in [2.24, 2.45) is 0 Å². The summed E-state index contributed by atoms with van der Waals surface area (Å²) in [6, 6.07) is 12.5. The van der Waals surface area contributed by atoms with E-state index in [0.717, 1.165) is 6.08 Å². The van der Waals surface area contributed by atoms with E-state index >= 15 is 0 Å². The lowest BCUT2D eigenvalue weighted by molar-refractivity contribution is -0.131. The summed E-state index contributed by atoms with van der Waals surface area (Å²) in [6.07, 6.45) is -0.789. The van der Waals surface area contributed by atoms with Crippen LogP contribution in [0.1, 0.15) is 17.2 Å². The normalized spacial score (nSPS) is 12.6. The molecule has 2 aromatic rings. The van der Waals surface area contributed by atoms with Crippen molar-refractivity contribution in [2.45, 2.75) is 12.2 Å². The summed E-state index contributed by atoms with van der Waals surface area (Å²) in [5.74, 6) is -1.17. The SMILES string of the molecule is COc1ccc([C@@H](OC(=O)Nc2ccc(C#N)cc2)[C@@H](/C=C/C(=O)O)OC)cc1O. The van der Waals surface area contributed by atoms with Crippen LogP contribution in [-0.4, -0.2) is 42.6 Å². The molecule has 0 unspecified atom stereocenters. The summed E-state index contributed by atoms with van der Waals surface area (Å²) in [6.45, 7) is 0. The second-order valence-corrected chi connectivity index (χ2v) is 5.97. The monoisotopic (exact) mass is 412 g/mol. The van der Waals surface area contributed by atoms with Gasteiger partial charge in [0, 0.05) is 18.9 Å². The van der Waals surface area contributed by atoms with Crippen LogP contribution in [0.15, 0.2) is 54.6 Å². The van der Waals surface area contributed by atoms with Gasteiger partial charge in [0.05, 0.1) is 18.7 Å². The molecule has 0 aromatic heterocycles. The number of hydrogen-bond donors (Lipinski definition) is 3. The minimum atomic E-state index is -1.20. The summed E-state index contributed by atoms with van der Waals surface area (Å²) in [5.41, 5.74) is 1.18. The standard InChI is InChI=1S/C21H20N2O7/c1-28-17-8-5-14(11-16(17)24)20(18(29-2)9-10-19(25)26)30-21(27)23-15-6-3-13(12-22)4-7-15/h3-11,18,20,24H,1-2H3,(H,23,27)(H,25,26)/b10-9+/t18-,20-/m1/s1. The molecule has 0 spiro atoms. The number of aliphatic carboxylic acids is 1. The van der Waals surface area contributed by atoms with Crippen molar-refractivity contribution in [3.05, 3.63) is 65.7 Å². The first-order valence-electron chi connectivity index (χ1n) is 8.66. The van der Waals surface area contributed by atoms with Crippen molar-refractivity contribution in [3.63, 3.8) is 0 Å². The van der Waals surface area contributed by atoms with E-state index in [-0.39, 0.29) is 11.5 Å². The third-order valence-corrected chi connectivity index (χ3v) is 4.02. The number of hydrogen-bond acceptors (Lipinski definition) is 7. The Bertz CT molecular complexity index is 964. The lowest BCUT2D eigenvalue weighted by atomic mass is 10.0. The average Bonchev–Trinajstić information content (AvgIpc) is 2.73. The van der Waals surface area contributed by atoms with E-state index in [2.05, 4.69) is 5.32 Å². The van der Waals surface area contributed by atoms with Crippen LogP contribution in [0.3, 0.4) is 0 Å². The van der Waals surface area contributed by atoms with Crippen molar-refractivity contribution < 1.29 is 34.0 Å². The number of amides is 1. The number of anilines is 1. The second-order valence-electron chi connectivity index (χ2n) is 5.97. The molecule has 0 bridgehead atoms. The van der Waals surface area contributed by atoms with Gasteiger partial charge in [-0.15, -0.1) is 0 Å². The fraction of sp³-hybridized carbons (Fsp3) is 0.190. The third-order valence-electron chi connectivity index (χ3n) is 4.02. The number of carboxylic acid groups (broad SMARTS) is 1. The van der Waals surface area contributed by atoms with E-state index in [1.165, 1.54) is 56.7 Å². The van der Waals surface area contributed by atoms with E-state index in [9.17, 15) is 14.7 Å². The van der Waals surface area contributed by atoms with Crippen LogP contribution < -0.4 is 10.1 Å². The van der Waals surface area contributed by atoms with E-state index < -0.39 is 24.3 Å². The maximum Gasteiger partial charge on any atom is 0.412 e. The van der Waals surface area contributed by atoms with Crippen LogP contribution >= 0.6 is 0 Å². The molecule has 0 aliphatic heterocycles. The number of phenolic OH excluding ortho intramolecular Hbond substituents is 1. The highest BCUT2D eigenvalue weighted by Gasteiger charge is 2.27. The lowest BCUT2D eigenvalue weighted by Crippen LogP contribution is -2.27. The Labute approximate surface area is 172 Å². The van der Waals surface area contributed by atoms with Crippen LogP contribution in [0, 0.1) is 11.3 Å². The number of methoxy groups -OCH3 is 2. The molecule has 1 amide bonds. The van der Waals surface area contributed by atoms with Crippen molar-refractivity contribution in [1.82, 2.24) is 0 Å². The molecule has 2 rings (SSSR count). The molecule has 0 fully saturated rings. The fourth-order valence-electron chi connectivity index (χ4n) is 2.58. The number of nitrogens with zero attached hydrogens (tertiary/aromatic N) is 1. The zero-order valence-electron chi connectivity index (χ0n) is 16.2. The first-order chi connectivity index (χ1) is 14.4. The summed E-state index contributed by atoms with van der Waals surface area (Å²) in [4.78, 5) is 23.3. The maximum atomic E-state index is 12.4. The van der Waals surface area contributed by atoms with Gasteiger partial charge in [0.1, 0.15) is 6.10 Å². The quantitative estimate of drug-likeness (QED) is 0.562. The number of rotatable bonds is 8. The summed E-state index contributed by atoms with van der Waals surface area (Å²) in [7, 11) is 2.72. The Hall–Kier alpha value is -4.03. The number of ether oxygens (including phenoxy) is 3. The van der Waals surface area contributed by atoms with Gasteiger partial charge in [-0.3, -0.25) is 5.32 Å². The second kappa shape index (κ2) is 10.5. The van der Waals surface area contributed by atoms with Crippen LogP contribution in [-0.2, 0) is 14.3 Å². The van der Waals surface area contributed by atoms with Gasteiger partial charge in [0.2, 0.25) is 0 Å². The predicted octanol–water partition coefficient (Wildman–Crippen LogP) is 3.22. The third kappa shape index (κ3) is 5.98. The van der Waals surface area contributed by atoms with E-state index in [1.54, 1.807) is 6.07 Å². The Morgan fingerprint density at radius 2 is 1.87 bits per heavy atom. The highest BCUT2D eigenvalue weighted by Crippen LogP contribution is 2.33. The molecule has 9 heteroatoms. The molecule has 0 aliphatic rings. The Morgan fingerprint density at radius 1 is 1.17 bits per heavy atom. The van der Waals surface area contributed by atoms with Gasteiger partial charge in [-0.1, -0.05) is 6.07 Å². The number of carbonyl (C=O) groups excluding carboxylic acids is 1. The largest absolute Gasteiger partial charge is 0.504 e. The summed E-state index contributed by atoms with van der Waals surface area (Å²) in [5, 5.41) is 30.3. The molecule has 0 heterocycles. The molecule has 3 N–H and O–H groups in total. The molecule has 9 nitrogen and oxygen atoms in total. The topological polar surface area (TPSA) is 138 Å². The smallest absolute Gasteiger partial charge is 0.412 e. The molecular weight excluding hydrogens is 392 g/mol. The van der Waals surface area contributed by atoms with Gasteiger partial charge in [0.25, 0.3) is 0 Å². The zero-order valence-corrected chi connectivity index (χ0v) is 16.2. The average molecular weight is 412 g/mol. The van der Waals surface area contributed by atoms with Gasteiger partial charge >= 0.3 is 12.1 Å². The summed E-state index contributed by atoms with van der Waals surface area (Å²) >= 11 is 0. The molecule has 2 atom stereocenters. The number of nitrogens with one attached hydrogen (secondary N) is 1. The van der Waals surface area contributed by atoms with Gasteiger partial charge in [0.15, 0.2) is 17.6 Å². The molecule has 0 saturated heterocycles. The Balaban J connectivity index is 2.29. The molecular formula is C21H20N2O7. The van der Waals surface area contributed by atoms with Gasteiger partial charge in [-0.25, -0.2) is 9.59 Å². The van der Waals surface area contributed by atoms with Crippen LogP contribution in [0.2, 0.25) is 0 Å². The van der Waals surface area contributed by atoms with Crippen molar-refractivity contribution >= 4 is 17.7 Å². The number of aromatic hydroxyl groups is 1. The Kier molecular flexibility index (Phi) is 7.79. The van der Waals surface area contributed by atoms with Gasteiger partial charge < -0.3 is 24.4 Å². The molecule has 30 heavy (non-hydrogen) atoms. The van der Waals surface area contributed by atoms with Crippen LogP contribution in [0.25, 0.3) is 0 Å². The number of benzene rings is 2. The summed E-state index contributed by atoms with van der Waals surface area (Å²) < 4.78 is 15.8. The molecule has 0 aliphatic carbocycles. The van der Waals surface area contributed by atoms with E-state index in [0.29, 0.717) is 16.8 Å². The number of carboxylic acids is 1. The number of phenols is 1. The van der Waals surface area contributed by atoms with Crippen molar-refractivity contribution in [1.29, 1.82) is 5.26 Å². The molecule has 0 radical (unpaired) electrons. The van der Waals surface area contributed by atoms with Crippen molar-refractivity contribution in [3.8, 4) is 17.6 Å². The van der Waals surface area contributed by atoms with Gasteiger partial charge in [-0.05, 0) is 48.0 Å². The molecule has 2 aromatic carbocycles. The first kappa shape index (κ1) is 22.3. The highest BCUT2D eigenvalue weighted by molar-refractivity contribution is 5.85.